The van der Waals surface area contributed by atoms with E-state index in [4.69, 9.17) is 5.26 Å². The van der Waals surface area contributed by atoms with Crippen LogP contribution in [0, 0.1) is 17.2 Å². The lowest BCUT2D eigenvalue weighted by molar-refractivity contribution is 0.0789. The first-order valence-corrected chi connectivity index (χ1v) is 5.66. The van der Waals surface area contributed by atoms with E-state index in [1.54, 1.807) is 18.0 Å². The fourth-order valence-electron chi connectivity index (χ4n) is 1.40. The van der Waals surface area contributed by atoms with Gasteiger partial charge in [-0.25, -0.2) is 4.98 Å². The lowest BCUT2D eigenvalue weighted by atomic mass is 10.1. The molecule has 0 radical (unpaired) electrons. The Labute approximate surface area is 102 Å². The average Bonchev–Trinajstić information content (AvgIpc) is 2.35. The van der Waals surface area contributed by atoms with E-state index in [9.17, 15) is 4.79 Å². The van der Waals surface area contributed by atoms with Crippen molar-refractivity contribution in [3.8, 4) is 6.07 Å². The summed E-state index contributed by atoms with van der Waals surface area (Å²) in [6, 6.07) is 5.09. The number of nitrogens with zero attached hydrogens (tertiary/aromatic N) is 3. The third kappa shape index (κ3) is 3.87. The van der Waals surface area contributed by atoms with E-state index in [0.717, 1.165) is 13.0 Å². The van der Waals surface area contributed by atoms with Gasteiger partial charge in [-0.2, -0.15) is 5.26 Å². The molecule has 1 aromatic rings. The predicted molar refractivity (Wildman–Crippen MR) is 65.4 cm³/mol. The van der Waals surface area contributed by atoms with Gasteiger partial charge >= 0.3 is 0 Å². The molecule has 4 heteroatoms. The van der Waals surface area contributed by atoms with Gasteiger partial charge in [-0.15, -0.1) is 0 Å². The molecule has 17 heavy (non-hydrogen) atoms. The number of pyridine rings is 1. The van der Waals surface area contributed by atoms with Gasteiger partial charge in [0.15, 0.2) is 0 Å². The second kappa shape index (κ2) is 6.00. The number of aromatic nitrogens is 1. The summed E-state index contributed by atoms with van der Waals surface area (Å²) in [5, 5.41) is 8.72. The Bertz CT molecular complexity index is 435. The molecule has 4 nitrogen and oxygen atoms in total. The van der Waals surface area contributed by atoms with Crippen molar-refractivity contribution in [3.05, 3.63) is 29.6 Å². The first-order valence-electron chi connectivity index (χ1n) is 5.66. The Morgan fingerprint density at radius 3 is 2.88 bits per heavy atom. The maximum Gasteiger partial charge on any atom is 0.253 e. The molecular formula is C13H17N3O. The lowest BCUT2D eigenvalue weighted by Crippen LogP contribution is -2.28. The van der Waals surface area contributed by atoms with Crippen LogP contribution in [0.4, 0.5) is 0 Å². The summed E-state index contributed by atoms with van der Waals surface area (Å²) in [5.74, 6) is 0.502. The second-order valence-corrected chi connectivity index (χ2v) is 4.45. The van der Waals surface area contributed by atoms with Crippen LogP contribution >= 0.6 is 0 Å². The van der Waals surface area contributed by atoms with Gasteiger partial charge in [0, 0.05) is 25.4 Å². The van der Waals surface area contributed by atoms with Crippen LogP contribution in [0.5, 0.6) is 0 Å². The van der Waals surface area contributed by atoms with Crippen LogP contribution in [-0.4, -0.2) is 29.4 Å². The molecule has 0 N–H and O–H groups in total. The van der Waals surface area contributed by atoms with Gasteiger partial charge in [0.2, 0.25) is 0 Å². The van der Waals surface area contributed by atoms with E-state index < -0.39 is 0 Å². The first kappa shape index (κ1) is 13.2. The van der Waals surface area contributed by atoms with E-state index in [1.807, 2.05) is 6.07 Å². The fourth-order valence-corrected chi connectivity index (χ4v) is 1.40. The van der Waals surface area contributed by atoms with Crippen LogP contribution in [0.3, 0.4) is 0 Å². The molecule has 0 aromatic carbocycles. The lowest BCUT2D eigenvalue weighted by Gasteiger charge is -2.18. The van der Waals surface area contributed by atoms with E-state index in [-0.39, 0.29) is 11.6 Å². The number of hydrogen-bond acceptors (Lipinski definition) is 3. The summed E-state index contributed by atoms with van der Waals surface area (Å²) in [4.78, 5) is 17.5. The van der Waals surface area contributed by atoms with Gasteiger partial charge in [-0.1, -0.05) is 13.8 Å². The van der Waals surface area contributed by atoms with E-state index in [0.29, 0.717) is 11.5 Å². The molecule has 0 saturated heterocycles. The Morgan fingerprint density at radius 1 is 1.59 bits per heavy atom. The monoisotopic (exact) mass is 231 g/mol. The summed E-state index contributed by atoms with van der Waals surface area (Å²) in [6.07, 6.45) is 2.46. The number of hydrogen-bond donors (Lipinski definition) is 0. The summed E-state index contributed by atoms with van der Waals surface area (Å²) in [5.41, 5.74) is 0.788. The van der Waals surface area contributed by atoms with Crippen LogP contribution < -0.4 is 0 Å². The predicted octanol–water partition coefficient (Wildman–Crippen LogP) is 2.07. The zero-order valence-electron chi connectivity index (χ0n) is 10.5. The van der Waals surface area contributed by atoms with Gasteiger partial charge in [-0.05, 0) is 24.5 Å². The number of amides is 1. The molecule has 0 aliphatic carbocycles. The van der Waals surface area contributed by atoms with Crippen LogP contribution in [0.2, 0.25) is 0 Å². The summed E-state index contributed by atoms with van der Waals surface area (Å²) >= 11 is 0. The molecule has 0 bridgehead atoms. The average molecular weight is 231 g/mol. The van der Waals surface area contributed by atoms with E-state index in [1.165, 1.54) is 12.3 Å². The highest BCUT2D eigenvalue weighted by molar-refractivity contribution is 5.94. The molecule has 1 amide bonds. The molecule has 0 saturated carbocycles. The zero-order chi connectivity index (χ0) is 12.8. The van der Waals surface area contributed by atoms with Gasteiger partial charge in [0.1, 0.15) is 11.8 Å². The third-order valence-electron chi connectivity index (χ3n) is 2.51. The van der Waals surface area contributed by atoms with Gasteiger partial charge in [0.25, 0.3) is 5.91 Å². The van der Waals surface area contributed by atoms with Crippen molar-refractivity contribution in [3.63, 3.8) is 0 Å². The molecule has 0 aliphatic rings. The molecule has 0 unspecified atom stereocenters. The number of carbonyl (C=O) groups is 1. The highest BCUT2D eigenvalue weighted by Crippen LogP contribution is 2.07. The van der Waals surface area contributed by atoms with Crippen molar-refractivity contribution < 1.29 is 4.79 Å². The molecular weight excluding hydrogens is 214 g/mol. The highest BCUT2D eigenvalue weighted by Gasteiger charge is 2.12. The van der Waals surface area contributed by atoms with Gasteiger partial charge in [0.05, 0.1) is 0 Å². The minimum absolute atomic E-state index is 0.0652. The molecule has 1 heterocycles. The molecule has 0 fully saturated rings. The smallest absolute Gasteiger partial charge is 0.253 e. The summed E-state index contributed by atoms with van der Waals surface area (Å²) in [6.45, 7) is 4.97. The minimum atomic E-state index is -0.0652. The molecule has 1 aromatic heterocycles. The van der Waals surface area contributed by atoms with Crippen molar-refractivity contribution in [2.75, 3.05) is 13.6 Å². The number of carbonyl (C=O) groups excluding carboxylic acids is 1. The molecule has 90 valence electrons. The van der Waals surface area contributed by atoms with Gasteiger partial charge < -0.3 is 4.90 Å². The molecule has 0 atom stereocenters. The highest BCUT2D eigenvalue weighted by atomic mass is 16.2. The van der Waals surface area contributed by atoms with E-state index in [2.05, 4.69) is 18.8 Å². The molecule has 1 rings (SSSR count). The van der Waals surface area contributed by atoms with Crippen molar-refractivity contribution in [2.24, 2.45) is 5.92 Å². The number of nitriles is 1. The standard InChI is InChI=1S/C13H17N3O/c1-10(2)5-7-16(3)13(17)11-4-6-15-12(8-11)9-14/h4,6,8,10H,5,7H2,1-3H3. The van der Waals surface area contributed by atoms with Crippen molar-refractivity contribution >= 4 is 5.91 Å². The van der Waals surface area contributed by atoms with Crippen LogP contribution in [0.25, 0.3) is 0 Å². The Balaban J connectivity index is 2.71. The van der Waals surface area contributed by atoms with Crippen LogP contribution in [0.1, 0.15) is 36.3 Å². The summed E-state index contributed by atoms with van der Waals surface area (Å²) < 4.78 is 0. The minimum Gasteiger partial charge on any atom is -0.342 e. The SMILES string of the molecule is CC(C)CCN(C)C(=O)c1ccnc(C#N)c1. The van der Waals surface area contributed by atoms with Crippen molar-refractivity contribution in [2.45, 2.75) is 20.3 Å². The summed E-state index contributed by atoms with van der Waals surface area (Å²) in [7, 11) is 1.77. The van der Waals surface area contributed by atoms with E-state index >= 15 is 0 Å². The quantitative estimate of drug-likeness (QED) is 0.797. The molecule has 0 spiro atoms. The fraction of sp³-hybridized carbons (Fsp3) is 0.462. The normalized spacial score (nSPS) is 10.1. The Kier molecular flexibility index (Phi) is 4.65. The molecule has 0 aliphatic heterocycles. The Morgan fingerprint density at radius 2 is 2.29 bits per heavy atom. The second-order valence-electron chi connectivity index (χ2n) is 4.45. The Hall–Kier alpha value is -1.89. The zero-order valence-corrected chi connectivity index (χ0v) is 10.5. The van der Waals surface area contributed by atoms with Crippen LogP contribution in [0.15, 0.2) is 18.3 Å². The van der Waals surface area contributed by atoms with Gasteiger partial charge in [-0.3, -0.25) is 4.79 Å². The largest absolute Gasteiger partial charge is 0.342 e. The maximum atomic E-state index is 12.0. The topological polar surface area (TPSA) is 57.0 Å². The maximum absolute atomic E-state index is 12.0. The number of rotatable bonds is 4. The first-order chi connectivity index (χ1) is 8.04. The van der Waals surface area contributed by atoms with Crippen LogP contribution in [-0.2, 0) is 0 Å². The van der Waals surface area contributed by atoms with Crippen molar-refractivity contribution in [1.29, 1.82) is 5.26 Å². The van der Waals surface area contributed by atoms with Crippen molar-refractivity contribution in [1.82, 2.24) is 9.88 Å². The third-order valence-corrected chi connectivity index (χ3v) is 2.51.